The second-order valence-electron chi connectivity index (χ2n) is 6.93. The molecular formula is C21H18ClF2N5O3. The summed E-state index contributed by atoms with van der Waals surface area (Å²) in [6.07, 6.45) is -0.712. The van der Waals surface area contributed by atoms with E-state index in [2.05, 4.69) is 20.4 Å². The van der Waals surface area contributed by atoms with Crippen molar-refractivity contribution in [1.82, 2.24) is 19.7 Å². The van der Waals surface area contributed by atoms with Crippen molar-refractivity contribution in [2.45, 2.75) is 19.8 Å². The van der Waals surface area contributed by atoms with Crippen molar-refractivity contribution in [2.24, 2.45) is 0 Å². The summed E-state index contributed by atoms with van der Waals surface area (Å²) in [7, 11) is 0. The molecule has 4 rings (SSSR count). The number of anilines is 1. The van der Waals surface area contributed by atoms with Gasteiger partial charge in [-0.05, 0) is 25.1 Å². The Labute approximate surface area is 186 Å². The summed E-state index contributed by atoms with van der Waals surface area (Å²) >= 11 is 6.35. The molecular weight excluding hydrogens is 444 g/mol. The lowest BCUT2D eigenvalue weighted by Gasteiger charge is -2.12. The van der Waals surface area contributed by atoms with Crippen molar-refractivity contribution in [2.75, 3.05) is 11.9 Å². The van der Waals surface area contributed by atoms with Crippen molar-refractivity contribution >= 4 is 28.5 Å². The highest BCUT2D eigenvalue weighted by Gasteiger charge is 2.22. The molecule has 0 aliphatic carbocycles. The minimum Gasteiger partial charge on any atom is -0.421 e. The largest absolute Gasteiger partial charge is 0.421 e. The third-order valence-electron chi connectivity index (χ3n) is 4.49. The lowest BCUT2D eigenvalue weighted by atomic mass is 10.1. The number of rotatable bonds is 7. The number of hydrogen-bond acceptors (Lipinski definition) is 7. The van der Waals surface area contributed by atoms with Crippen LogP contribution >= 0.6 is 11.6 Å². The standard InChI is InChI=1S/C21H18ClF2N5O3/c1-11(31)9-25-19-17-18(13-4-2-3-5-14(13)22)28-29(10-30)20(17)27-21(26-19)32-16-7-6-12(23)8-15(16)24/h2-8,11,30-31H,9-10H2,1H3,(H,25,26,27)/t11-/m0/s1. The van der Waals surface area contributed by atoms with Crippen LogP contribution in [-0.2, 0) is 6.73 Å². The van der Waals surface area contributed by atoms with Gasteiger partial charge in [-0.25, -0.2) is 13.5 Å². The molecule has 8 nitrogen and oxygen atoms in total. The molecule has 11 heteroatoms. The second kappa shape index (κ2) is 9.03. The molecule has 0 saturated carbocycles. The molecule has 0 unspecified atom stereocenters. The highest BCUT2D eigenvalue weighted by molar-refractivity contribution is 6.33. The van der Waals surface area contributed by atoms with Gasteiger partial charge in [-0.2, -0.15) is 15.1 Å². The van der Waals surface area contributed by atoms with E-state index in [1.807, 2.05) is 0 Å². The van der Waals surface area contributed by atoms with Gasteiger partial charge in [0.2, 0.25) is 0 Å². The third-order valence-corrected chi connectivity index (χ3v) is 4.82. The molecule has 3 N–H and O–H groups in total. The normalized spacial score (nSPS) is 12.2. The van der Waals surface area contributed by atoms with Crippen LogP contribution in [0, 0.1) is 11.6 Å². The average Bonchev–Trinajstić information content (AvgIpc) is 3.13. The molecule has 2 aromatic heterocycles. The molecule has 0 spiro atoms. The van der Waals surface area contributed by atoms with Gasteiger partial charge in [0.1, 0.15) is 24.1 Å². The predicted octanol–water partition coefficient (Wildman–Crippen LogP) is 3.96. The van der Waals surface area contributed by atoms with E-state index in [-0.39, 0.29) is 29.8 Å². The van der Waals surface area contributed by atoms with E-state index in [1.165, 1.54) is 4.68 Å². The Balaban J connectivity index is 1.90. The zero-order valence-corrected chi connectivity index (χ0v) is 17.5. The number of ether oxygens (including phenoxy) is 1. The molecule has 2 aromatic carbocycles. The Morgan fingerprint density at radius 2 is 1.97 bits per heavy atom. The zero-order chi connectivity index (χ0) is 22.8. The second-order valence-corrected chi connectivity index (χ2v) is 7.34. The van der Waals surface area contributed by atoms with Gasteiger partial charge >= 0.3 is 6.01 Å². The molecule has 0 bridgehead atoms. The van der Waals surface area contributed by atoms with Gasteiger partial charge in [0.05, 0.1) is 16.5 Å². The van der Waals surface area contributed by atoms with Gasteiger partial charge < -0.3 is 20.3 Å². The molecule has 0 radical (unpaired) electrons. The summed E-state index contributed by atoms with van der Waals surface area (Å²) in [6.45, 7) is 1.20. The number of nitrogens with zero attached hydrogens (tertiary/aromatic N) is 4. The quantitative estimate of drug-likeness (QED) is 0.382. The Hall–Kier alpha value is -3.34. The molecule has 1 atom stereocenters. The minimum atomic E-state index is -0.931. The Bertz CT molecular complexity index is 1280. The van der Waals surface area contributed by atoms with Gasteiger partial charge in [-0.15, -0.1) is 0 Å². The number of benzene rings is 2. The number of aliphatic hydroxyl groups is 2. The summed E-state index contributed by atoms with van der Waals surface area (Å²) in [5.74, 6) is -1.75. The van der Waals surface area contributed by atoms with Crippen LogP contribution in [0.4, 0.5) is 14.6 Å². The van der Waals surface area contributed by atoms with Crippen molar-refractivity contribution < 1.29 is 23.7 Å². The number of nitrogens with one attached hydrogen (secondary N) is 1. The fraction of sp³-hybridized carbons (Fsp3) is 0.190. The first-order valence-electron chi connectivity index (χ1n) is 9.56. The first-order chi connectivity index (χ1) is 15.4. The van der Waals surface area contributed by atoms with Crippen molar-refractivity contribution in [3.8, 4) is 23.0 Å². The van der Waals surface area contributed by atoms with Crippen LogP contribution in [0.2, 0.25) is 5.02 Å². The summed E-state index contributed by atoms with van der Waals surface area (Å²) in [6, 6.07) is 9.55. The van der Waals surface area contributed by atoms with Crippen LogP contribution in [0.25, 0.3) is 22.3 Å². The summed E-state index contributed by atoms with van der Waals surface area (Å²) in [5, 5.41) is 27.8. The first kappa shape index (κ1) is 21.9. The van der Waals surface area contributed by atoms with Gasteiger partial charge in [0, 0.05) is 18.2 Å². The molecule has 0 amide bonds. The topological polar surface area (TPSA) is 105 Å². The fourth-order valence-corrected chi connectivity index (χ4v) is 3.29. The van der Waals surface area contributed by atoms with Crippen LogP contribution in [-0.4, -0.2) is 42.6 Å². The average molecular weight is 462 g/mol. The Morgan fingerprint density at radius 3 is 2.66 bits per heavy atom. The van der Waals surface area contributed by atoms with Crippen molar-refractivity contribution in [1.29, 1.82) is 0 Å². The number of aliphatic hydroxyl groups excluding tert-OH is 2. The molecule has 4 aromatic rings. The SMILES string of the molecule is C[C@H](O)CNc1nc(Oc2ccc(F)cc2F)nc2c1c(-c1ccccc1Cl)nn2CO. The third kappa shape index (κ3) is 4.33. The molecule has 0 saturated heterocycles. The van der Waals surface area contributed by atoms with Crippen molar-refractivity contribution in [3.05, 3.63) is 59.1 Å². The number of aromatic nitrogens is 4. The minimum absolute atomic E-state index is 0.128. The maximum atomic E-state index is 14.1. The molecule has 166 valence electrons. The van der Waals surface area contributed by atoms with E-state index >= 15 is 0 Å². The van der Waals surface area contributed by atoms with Crippen LogP contribution < -0.4 is 10.1 Å². The molecule has 0 aliphatic heterocycles. The highest BCUT2D eigenvalue weighted by Crippen LogP contribution is 2.37. The first-order valence-corrected chi connectivity index (χ1v) is 9.94. The lowest BCUT2D eigenvalue weighted by Crippen LogP contribution is -2.16. The maximum absolute atomic E-state index is 14.1. The summed E-state index contributed by atoms with van der Waals surface area (Å²) in [4.78, 5) is 8.57. The van der Waals surface area contributed by atoms with E-state index in [0.29, 0.717) is 27.7 Å². The fourth-order valence-electron chi connectivity index (χ4n) is 3.07. The Morgan fingerprint density at radius 1 is 1.19 bits per heavy atom. The van der Waals surface area contributed by atoms with E-state index in [1.54, 1.807) is 31.2 Å². The number of fused-ring (bicyclic) bond motifs is 1. The van der Waals surface area contributed by atoms with E-state index in [4.69, 9.17) is 16.3 Å². The molecule has 0 aliphatic rings. The molecule has 32 heavy (non-hydrogen) atoms. The predicted molar refractivity (Wildman–Crippen MR) is 115 cm³/mol. The maximum Gasteiger partial charge on any atom is 0.326 e. The molecule has 0 fully saturated rings. The van der Waals surface area contributed by atoms with E-state index in [9.17, 15) is 19.0 Å². The smallest absolute Gasteiger partial charge is 0.326 e. The molecule has 2 heterocycles. The van der Waals surface area contributed by atoms with E-state index in [0.717, 1.165) is 12.1 Å². The van der Waals surface area contributed by atoms with Gasteiger partial charge in [-0.1, -0.05) is 29.8 Å². The monoisotopic (exact) mass is 461 g/mol. The number of hydrogen-bond donors (Lipinski definition) is 3. The highest BCUT2D eigenvalue weighted by atomic mass is 35.5. The van der Waals surface area contributed by atoms with Crippen LogP contribution in [0.15, 0.2) is 42.5 Å². The van der Waals surface area contributed by atoms with Crippen LogP contribution in [0.1, 0.15) is 6.92 Å². The van der Waals surface area contributed by atoms with Crippen LogP contribution in [0.5, 0.6) is 11.8 Å². The van der Waals surface area contributed by atoms with Gasteiger partial charge in [0.25, 0.3) is 0 Å². The summed E-state index contributed by atoms with van der Waals surface area (Å²) < 4.78 is 33.9. The van der Waals surface area contributed by atoms with E-state index < -0.39 is 24.5 Å². The Kier molecular flexibility index (Phi) is 6.17. The van der Waals surface area contributed by atoms with Crippen molar-refractivity contribution in [3.63, 3.8) is 0 Å². The van der Waals surface area contributed by atoms with Crippen LogP contribution in [0.3, 0.4) is 0 Å². The number of halogens is 3. The zero-order valence-electron chi connectivity index (χ0n) is 16.8. The van der Waals surface area contributed by atoms with Gasteiger partial charge in [-0.3, -0.25) is 0 Å². The van der Waals surface area contributed by atoms with Gasteiger partial charge in [0.15, 0.2) is 17.2 Å². The lowest BCUT2D eigenvalue weighted by molar-refractivity contribution is 0.200. The summed E-state index contributed by atoms with van der Waals surface area (Å²) in [5.41, 5.74) is 1.16.